The first-order chi connectivity index (χ1) is 9.75. The zero-order valence-electron chi connectivity index (χ0n) is 11.2. The van der Waals surface area contributed by atoms with Crippen LogP contribution in [0, 0.1) is 10.1 Å². The van der Waals surface area contributed by atoms with E-state index in [4.69, 9.17) is 4.74 Å². The number of benzene rings is 1. The summed E-state index contributed by atoms with van der Waals surface area (Å²) in [6, 6.07) is 5.36. The summed E-state index contributed by atoms with van der Waals surface area (Å²) >= 11 is 0. The minimum Gasteiger partial charge on any atom is -0.371 e. The number of nitro benzene ring substituents is 1. The molecule has 2 fully saturated rings. The predicted octanol–water partition coefficient (Wildman–Crippen LogP) is 2.47. The predicted molar refractivity (Wildman–Crippen MR) is 76.7 cm³/mol. The van der Waals surface area contributed by atoms with Gasteiger partial charge in [-0.3, -0.25) is 10.1 Å². The smallest absolute Gasteiger partial charge is 0.276 e. The number of hydrogen-bond acceptors (Lipinski definition) is 4. The topological polar surface area (TPSA) is 64.4 Å². The summed E-state index contributed by atoms with van der Waals surface area (Å²) in [5.41, 5.74) is 2.03. The molecule has 1 aliphatic carbocycles. The summed E-state index contributed by atoms with van der Waals surface area (Å²) < 4.78 is 5.60. The molecular formula is C15H18N2O3. The molecule has 1 heterocycles. The van der Waals surface area contributed by atoms with Crippen molar-refractivity contribution in [1.82, 2.24) is 5.32 Å². The van der Waals surface area contributed by atoms with E-state index in [9.17, 15) is 10.1 Å². The van der Waals surface area contributed by atoms with Crippen LogP contribution in [0.4, 0.5) is 5.69 Å². The van der Waals surface area contributed by atoms with Crippen molar-refractivity contribution in [3.05, 3.63) is 45.5 Å². The van der Waals surface area contributed by atoms with Gasteiger partial charge in [-0.1, -0.05) is 18.2 Å². The number of nitrogens with zero attached hydrogens (tertiary/aromatic N) is 1. The summed E-state index contributed by atoms with van der Waals surface area (Å²) in [5.74, 6) is 0.486. The Balaban J connectivity index is 1.89. The molecule has 1 aliphatic heterocycles. The summed E-state index contributed by atoms with van der Waals surface area (Å²) in [6.45, 7) is 2.31. The first-order valence-corrected chi connectivity index (χ1v) is 7.03. The number of morpholine rings is 1. The Hall–Kier alpha value is -1.72. The normalized spacial score (nSPS) is 23.1. The minimum absolute atomic E-state index is 0.00406. The Morgan fingerprint density at radius 3 is 2.90 bits per heavy atom. The van der Waals surface area contributed by atoms with Crippen LogP contribution in [0.25, 0.3) is 6.08 Å². The Bertz CT molecular complexity index is 532. The molecule has 5 nitrogen and oxygen atoms in total. The molecule has 1 atom stereocenters. The van der Waals surface area contributed by atoms with Crippen LogP contribution in [0.1, 0.15) is 29.9 Å². The van der Waals surface area contributed by atoms with Gasteiger partial charge < -0.3 is 10.1 Å². The second-order valence-electron chi connectivity index (χ2n) is 5.28. The molecule has 0 aromatic heterocycles. The van der Waals surface area contributed by atoms with Gasteiger partial charge in [-0.25, -0.2) is 0 Å². The maximum absolute atomic E-state index is 11.2. The molecule has 0 radical (unpaired) electrons. The van der Waals surface area contributed by atoms with E-state index < -0.39 is 0 Å². The second kappa shape index (κ2) is 5.73. The Morgan fingerprint density at radius 1 is 1.40 bits per heavy atom. The summed E-state index contributed by atoms with van der Waals surface area (Å²) in [6.07, 6.45) is 6.05. The average Bonchev–Trinajstić information content (AvgIpc) is 3.30. The second-order valence-corrected chi connectivity index (χ2v) is 5.28. The molecule has 1 saturated heterocycles. The van der Waals surface area contributed by atoms with Crippen LogP contribution in [0.2, 0.25) is 0 Å². The largest absolute Gasteiger partial charge is 0.371 e. The highest BCUT2D eigenvalue weighted by molar-refractivity contribution is 5.66. The molecule has 1 saturated carbocycles. The van der Waals surface area contributed by atoms with E-state index in [2.05, 4.69) is 5.32 Å². The van der Waals surface area contributed by atoms with Gasteiger partial charge in [-0.05, 0) is 30.4 Å². The number of hydrogen-bond donors (Lipinski definition) is 1. The third kappa shape index (κ3) is 2.89. The lowest BCUT2D eigenvalue weighted by Crippen LogP contribution is -2.37. The van der Waals surface area contributed by atoms with E-state index in [1.54, 1.807) is 12.1 Å². The van der Waals surface area contributed by atoms with Crippen LogP contribution >= 0.6 is 0 Å². The molecule has 3 rings (SSSR count). The van der Waals surface area contributed by atoms with Gasteiger partial charge in [0.1, 0.15) is 0 Å². The van der Waals surface area contributed by atoms with Gasteiger partial charge in [0.25, 0.3) is 5.69 Å². The molecule has 0 spiro atoms. The van der Waals surface area contributed by atoms with Gasteiger partial charge in [-0.2, -0.15) is 0 Å². The van der Waals surface area contributed by atoms with Gasteiger partial charge in [0, 0.05) is 19.2 Å². The van der Waals surface area contributed by atoms with Crippen molar-refractivity contribution in [3.63, 3.8) is 0 Å². The molecule has 20 heavy (non-hydrogen) atoms. The summed E-state index contributed by atoms with van der Waals surface area (Å²) in [7, 11) is 0. The van der Waals surface area contributed by atoms with Crippen LogP contribution in [0.15, 0.2) is 24.3 Å². The van der Waals surface area contributed by atoms with Crippen molar-refractivity contribution >= 4 is 11.8 Å². The van der Waals surface area contributed by atoms with Crippen LogP contribution in [0.3, 0.4) is 0 Å². The number of rotatable bonds is 4. The van der Waals surface area contributed by atoms with Gasteiger partial charge in [0.2, 0.25) is 0 Å². The molecule has 5 heteroatoms. The summed E-state index contributed by atoms with van der Waals surface area (Å²) in [4.78, 5) is 10.9. The number of ether oxygens (including phenoxy) is 1. The molecule has 1 aromatic carbocycles. The lowest BCUT2D eigenvalue weighted by molar-refractivity contribution is -0.385. The monoisotopic (exact) mass is 274 g/mol. The first-order valence-electron chi connectivity index (χ1n) is 7.03. The van der Waals surface area contributed by atoms with E-state index >= 15 is 0 Å². The molecule has 0 amide bonds. The number of nitro groups is 1. The highest BCUT2D eigenvalue weighted by Crippen LogP contribution is 2.44. The molecule has 1 N–H and O–H groups in total. The zero-order chi connectivity index (χ0) is 13.9. The van der Waals surface area contributed by atoms with Crippen LogP contribution in [-0.2, 0) is 4.74 Å². The standard InChI is InChI=1S/C15H18N2O3/c18-17(19)15-3-1-2-13(11-4-5-11)14(15)7-6-12-10-16-8-9-20-12/h1-3,6-7,11-12,16H,4-5,8-10H2. The lowest BCUT2D eigenvalue weighted by atomic mass is 10.0. The molecule has 1 unspecified atom stereocenters. The maximum Gasteiger partial charge on any atom is 0.276 e. The molecule has 1 aromatic rings. The van der Waals surface area contributed by atoms with E-state index in [1.165, 1.54) is 0 Å². The Morgan fingerprint density at radius 2 is 2.25 bits per heavy atom. The Kier molecular flexibility index (Phi) is 3.80. The van der Waals surface area contributed by atoms with Crippen molar-refractivity contribution in [2.45, 2.75) is 24.9 Å². The zero-order valence-corrected chi connectivity index (χ0v) is 11.2. The molecular weight excluding hydrogens is 256 g/mol. The lowest BCUT2D eigenvalue weighted by Gasteiger charge is -2.20. The number of nitrogens with one attached hydrogen (secondary N) is 1. The third-order valence-corrected chi connectivity index (χ3v) is 3.76. The third-order valence-electron chi connectivity index (χ3n) is 3.76. The highest BCUT2D eigenvalue weighted by atomic mass is 16.6. The van der Waals surface area contributed by atoms with Crippen molar-refractivity contribution in [2.75, 3.05) is 19.7 Å². The first kappa shape index (κ1) is 13.3. The fourth-order valence-electron chi connectivity index (χ4n) is 2.57. The van der Waals surface area contributed by atoms with Crippen LogP contribution < -0.4 is 5.32 Å². The molecule has 106 valence electrons. The quantitative estimate of drug-likeness (QED) is 0.676. The minimum atomic E-state index is -0.300. The van der Waals surface area contributed by atoms with Crippen molar-refractivity contribution in [1.29, 1.82) is 0 Å². The van der Waals surface area contributed by atoms with Crippen molar-refractivity contribution < 1.29 is 9.66 Å². The average molecular weight is 274 g/mol. The van der Waals surface area contributed by atoms with E-state index in [0.717, 1.165) is 37.1 Å². The van der Waals surface area contributed by atoms with Crippen molar-refractivity contribution in [2.24, 2.45) is 0 Å². The Labute approximate surface area is 117 Å². The molecule has 2 aliphatic rings. The summed E-state index contributed by atoms with van der Waals surface area (Å²) in [5, 5.41) is 14.4. The van der Waals surface area contributed by atoms with Crippen molar-refractivity contribution in [3.8, 4) is 0 Å². The fourth-order valence-corrected chi connectivity index (χ4v) is 2.57. The van der Waals surface area contributed by atoms with Gasteiger partial charge in [0.05, 0.1) is 23.2 Å². The molecule has 0 bridgehead atoms. The SMILES string of the molecule is O=[N+]([O-])c1cccc(C2CC2)c1C=CC1CNCCO1. The highest BCUT2D eigenvalue weighted by Gasteiger charge is 2.28. The van der Waals surface area contributed by atoms with E-state index in [0.29, 0.717) is 12.5 Å². The van der Waals surface area contributed by atoms with Crippen LogP contribution in [-0.4, -0.2) is 30.7 Å². The van der Waals surface area contributed by atoms with Crippen LogP contribution in [0.5, 0.6) is 0 Å². The van der Waals surface area contributed by atoms with E-state index in [1.807, 2.05) is 18.2 Å². The van der Waals surface area contributed by atoms with E-state index in [-0.39, 0.29) is 16.7 Å². The van der Waals surface area contributed by atoms with Gasteiger partial charge >= 0.3 is 0 Å². The van der Waals surface area contributed by atoms with Gasteiger partial charge in [-0.15, -0.1) is 0 Å². The fraction of sp³-hybridized carbons (Fsp3) is 0.467. The van der Waals surface area contributed by atoms with Gasteiger partial charge in [0.15, 0.2) is 0 Å². The maximum atomic E-state index is 11.2.